The van der Waals surface area contributed by atoms with Crippen molar-refractivity contribution in [2.45, 2.75) is 150 Å². The van der Waals surface area contributed by atoms with Crippen LogP contribution in [0.4, 0.5) is 0 Å². The first-order chi connectivity index (χ1) is 17.7. The molecule has 0 spiro atoms. The van der Waals surface area contributed by atoms with Crippen molar-refractivity contribution in [3.8, 4) is 0 Å². The molecule has 37 heavy (non-hydrogen) atoms. The van der Waals surface area contributed by atoms with Crippen LogP contribution in [0.3, 0.4) is 0 Å². The van der Waals surface area contributed by atoms with Gasteiger partial charge in [0.1, 0.15) is 6.10 Å². The van der Waals surface area contributed by atoms with Gasteiger partial charge in [-0.15, -0.1) is 0 Å². The molecule has 0 bridgehead atoms. The molecule has 0 radical (unpaired) electrons. The molecule has 2 heteroatoms. The van der Waals surface area contributed by atoms with E-state index in [1.807, 2.05) is 0 Å². The van der Waals surface area contributed by atoms with Gasteiger partial charge in [-0.05, 0) is 86.0 Å². The van der Waals surface area contributed by atoms with Gasteiger partial charge < -0.3 is 4.74 Å². The molecule has 0 aromatic carbocycles. The van der Waals surface area contributed by atoms with Gasteiger partial charge in [0.2, 0.25) is 0 Å². The molecule has 2 nitrogen and oxygen atoms in total. The third kappa shape index (κ3) is 8.59. The Labute approximate surface area is 229 Å². The lowest BCUT2D eigenvalue weighted by molar-refractivity contribution is -0.149. The summed E-state index contributed by atoms with van der Waals surface area (Å²) in [6, 6.07) is 0. The standard InChI is InChI=1S/C35H58O2/c1-7-8-9-10-11-17-34(36)37-31-21-18-27(4)30(25-31)20-19-29-16-13-24-35(6)32(22-23-33(29)35)28(5)15-12-14-26(2)3/h19-20,26,28,31-33H,4,7-18,21-25H2,1-3,5-6H3/b29-19?,30-20-/t28-,31+,32-,33+,35-/m1/s1. The SMILES string of the molecule is C=C1CC[C@H](OC(=O)CCCCCCC)C/C1=C/C=C1CCC[C@]2(C)[C@@H]([C@H](C)CCCC(C)C)CC[C@@H]12. The summed E-state index contributed by atoms with van der Waals surface area (Å²) in [4.78, 5) is 12.4. The zero-order chi connectivity index (χ0) is 26.8. The second-order valence-electron chi connectivity index (χ2n) is 13.5. The highest BCUT2D eigenvalue weighted by molar-refractivity contribution is 5.69. The van der Waals surface area contributed by atoms with Crippen molar-refractivity contribution in [1.82, 2.24) is 0 Å². The van der Waals surface area contributed by atoms with Crippen molar-refractivity contribution in [3.63, 3.8) is 0 Å². The van der Waals surface area contributed by atoms with Crippen molar-refractivity contribution in [1.29, 1.82) is 0 Å². The highest BCUT2D eigenvalue weighted by Gasteiger charge is 2.50. The van der Waals surface area contributed by atoms with Crippen molar-refractivity contribution < 1.29 is 9.53 Å². The average Bonchev–Trinajstić information content (AvgIpc) is 3.21. The number of ether oxygens (including phenoxy) is 1. The maximum Gasteiger partial charge on any atom is 0.306 e. The second-order valence-corrected chi connectivity index (χ2v) is 13.5. The van der Waals surface area contributed by atoms with E-state index in [2.05, 4.69) is 53.3 Å². The fourth-order valence-corrected chi connectivity index (χ4v) is 7.86. The molecule has 0 N–H and O–H groups in total. The number of rotatable bonds is 13. The Balaban J connectivity index is 1.57. The maximum atomic E-state index is 12.4. The molecule has 0 aromatic rings. The second kappa shape index (κ2) is 14.7. The average molecular weight is 511 g/mol. The molecular weight excluding hydrogens is 452 g/mol. The number of esters is 1. The minimum Gasteiger partial charge on any atom is -0.462 e. The predicted octanol–water partition coefficient (Wildman–Crippen LogP) is 10.5. The molecular formula is C35H58O2. The molecule has 3 aliphatic rings. The first-order valence-electron chi connectivity index (χ1n) is 16.0. The van der Waals surface area contributed by atoms with Gasteiger partial charge in [0.25, 0.3) is 0 Å². The summed E-state index contributed by atoms with van der Waals surface area (Å²) in [7, 11) is 0. The lowest BCUT2D eigenvalue weighted by Crippen LogP contribution is -2.36. The van der Waals surface area contributed by atoms with Gasteiger partial charge in [0.15, 0.2) is 0 Å². The van der Waals surface area contributed by atoms with Crippen LogP contribution in [0.15, 0.2) is 35.5 Å². The number of hydrogen-bond donors (Lipinski definition) is 0. The highest BCUT2D eigenvalue weighted by atomic mass is 16.5. The normalized spacial score (nSPS) is 31.2. The number of fused-ring (bicyclic) bond motifs is 1. The third-order valence-corrected chi connectivity index (χ3v) is 10.1. The maximum absolute atomic E-state index is 12.4. The molecule has 0 amide bonds. The van der Waals surface area contributed by atoms with Gasteiger partial charge in [-0.2, -0.15) is 0 Å². The van der Waals surface area contributed by atoms with E-state index < -0.39 is 0 Å². The monoisotopic (exact) mass is 510 g/mol. The van der Waals surface area contributed by atoms with E-state index in [0.717, 1.165) is 55.8 Å². The van der Waals surface area contributed by atoms with E-state index in [9.17, 15) is 4.79 Å². The van der Waals surface area contributed by atoms with Gasteiger partial charge in [0.05, 0.1) is 0 Å². The number of allylic oxidation sites excluding steroid dienone is 4. The van der Waals surface area contributed by atoms with Crippen LogP contribution >= 0.6 is 0 Å². The number of carbonyl (C=O) groups excluding carboxylic acids is 1. The molecule has 210 valence electrons. The smallest absolute Gasteiger partial charge is 0.306 e. The van der Waals surface area contributed by atoms with Crippen molar-refractivity contribution in [3.05, 3.63) is 35.5 Å². The summed E-state index contributed by atoms with van der Waals surface area (Å²) in [5.74, 6) is 3.27. The largest absolute Gasteiger partial charge is 0.462 e. The Bertz CT molecular complexity index is 802. The number of hydrogen-bond acceptors (Lipinski definition) is 2. The Morgan fingerprint density at radius 1 is 1.03 bits per heavy atom. The minimum atomic E-state index is -0.00530. The van der Waals surface area contributed by atoms with Crippen LogP contribution in [0.1, 0.15) is 144 Å². The Kier molecular flexibility index (Phi) is 12.0. The Hall–Kier alpha value is -1.31. The van der Waals surface area contributed by atoms with Gasteiger partial charge in [-0.1, -0.05) is 109 Å². The number of carbonyl (C=O) groups is 1. The minimum absolute atomic E-state index is 0.00530. The van der Waals surface area contributed by atoms with Crippen molar-refractivity contribution in [2.24, 2.45) is 29.1 Å². The van der Waals surface area contributed by atoms with E-state index in [4.69, 9.17) is 4.74 Å². The lowest BCUT2D eigenvalue weighted by atomic mass is 9.60. The van der Waals surface area contributed by atoms with Crippen LogP contribution in [0.2, 0.25) is 0 Å². The molecule has 0 unspecified atom stereocenters. The molecule has 3 rings (SSSR count). The Morgan fingerprint density at radius 3 is 2.57 bits per heavy atom. The summed E-state index contributed by atoms with van der Waals surface area (Å²) < 4.78 is 5.90. The van der Waals surface area contributed by atoms with Crippen LogP contribution in [0, 0.1) is 29.1 Å². The van der Waals surface area contributed by atoms with Crippen molar-refractivity contribution >= 4 is 5.97 Å². The fourth-order valence-electron chi connectivity index (χ4n) is 7.86. The van der Waals surface area contributed by atoms with Gasteiger partial charge in [-0.3, -0.25) is 4.79 Å². The van der Waals surface area contributed by atoms with Crippen molar-refractivity contribution in [2.75, 3.05) is 0 Å². The Morgan fingerprint density at radius 2 is 1.81 bits per heavy atom. The topological polar surface area (TPSA) is 26.3 Å². The first-order valence-corrected chi connectivity index (χ1v) is 16.0. The van der Waals surface area contributed by atoms with Crippen LogP contribution in [0.25, 0.3) is 0 Å². The lowest BCUT2D eigenvalue weighted by Gasteiger charge is -2.44. The molecule has 3 saturated carbocycles. The van der Waals surface area contributed by atoms with Crippen LogP contribution in [-0.2, 0) is 9.53 Å². The molecule has 3 fully saturated rings. The molecule has 0 aliphatic heterocycles. The predicted molar refractivity (Wildman–Crippen MR) is 158 cm³/mol. The zero-order valence-electron chi connectivity index (χ0n) is 25.1. The van der Waals surface area contributed by atoms with E-state index in [-0.39, 0.29) is 12.1 Å². The number of unbranched alkanes of at least 4 members (excludes halogenated alkanes) is 4. The van der Waals surface area contributed by atoms with Gasteiger partial charge in [-0.25, -0.2) is 0 Å². The summed E-state index contributed by atoms with van der Waals surface area (Å²) in [6.45, 7) is 16.5. The van der Waals surface area contributed by atoms with Gasteiger partial charge in [0, 0.05) is 12.8 Å². The van der Waals surface area contributed by atoms with E-state index in [1.54, 1.807) is 5.57 Å². The first kappa shape index (κ1) is 30.2. The van der Waals surface area contributed by atoms with Crippen LogP contribution in [0.5, 0.6) is 0 Å². The van der Waals surface area contributed by atoms with E-state index in [0.29, 0.717) is 11.8 Å². The third-order valence-electron chi connectivity index (χ3n) is 10.1. The molecule has 5 atom stereocenters. The highest BCUT2D eigenvalue weighted by Crippen LogP contribution is 2.60. The van der Waals surface area contributed by atoms with E-state index in [1.165, 1.54) is 81.8 Å². The zero-order valence-corrected chi connectivity index (χ0v) is 25.1. The van der Waals surface area contributed by atoms with Crippen LogP contribution < -0.4 is 0 Å². The molecule has 0 heterocycles. The summed E-state index contributed by atoms with van der Waals surface area (Å²) in [5, 5.41) is 0. The molecule has 3 aliphatic carbocycles. The summed E-state index contributed by atoms with van der Waals surface area (Å²) >= 11 is 0. The summed E-state index contributed by atoms with van der Waals surface area (Å²) in [5.41, 5.74) is 4.70. The van der Waals surface area contributed by atoms with Crippen LogP contribution in [-0.4, -0.2) is 12.1 Å². The van der Waals surface area contributed by atoms with E-state index >= 15 is 0 Å². The fraction of sp³-hybridized carbons (Fsp3) is 0.800. The molecule has 0 saturated heterocycles. The quantitative estimate of drug-likeness (QED) is 0.182. The molecule has 0 aromatic heterocycles. The summed E-state index contributed by atoms with van der Waals surface area (Å²) in [6.07, 6.45) is 24.8. The van der Waals surface area contributed by atoms with Gasteiger partial charge >= 0.3 is 5.97 Å².